The van der Waals surface area contributed by atoms with Crippen LogP contribution in [0.15, 0.2) is 28.7 Å². The van der Waals surface area contributed by atoms with Crippen molar-refractivity contribution in [3.8, 4) is 6.07 Å². The Morgan fingerprint density at radius 2 is 2.00 bits per heavy atom. The predicted molar refractivity (Wildman–Crippen MR) is 53.1 cm³/mol. The van der Waals surface area contributed by atoms with Crippen LogP contribution in [0.1, 0.15) is 12.0 Å². The number of nitrogens with zero attached hydrogens (tertiary/aromatic N) is 1. The Morgan fingerprint density at radius 1 is 1.38 bits per heavy atom. The highest BCUT2D eigenvalue weighted by Gasteiger charge is 2.01. The second kappa shape index (κ2) is 4.78. The Kier molecular flexibility index (Phi) is 3.66. The summed E-state index contributed by atoms with van der Waals surface area (Å²) in [5.41, 5.74) is 0.948. The molecule has 0 aliphatic heterocycles. The largest absolute Gasteiger partial charge is 0.298 e. The molecular weight excluding hydrogens is 230 g/mol. The topological polar surface area (TPSA) is 40.9 Å². The number of halogens is 1. The first kappa shape index (κ1) is 9.94. The maximum Gasteiger partial charge on any atom is 0.151 e. The van der Waals surface area contributed by atoms with E-state index in [0.29, 0.717) is 6.42 Å². The van der Waals surface area contributed by atoms with Gasteiger partial charge in [0.2, 0.25) is 0 Å². The smallest absolute Gasteiger partial charge is 0.151 e. The van der Waals surface area contributed by atoms with Crippen LogP contribution in [-0.4, -0.2) is 5.78 Å². The molecule has 0 saturated carbocycles. The molecule has 1 aromatic carbocycles. The predicted octanol–water partition coefficient (Wildman–Crippen LogP) is 2.47. The molecule has 66 valence electrons. The van der Waals surface area contributed by atoms with Gasteiger partial charge in [0.15, 0.2) is 5.78 Å². The van der Waals surface area contributed by atoms with E-state index in [4.69, 9.17) is 5.26 Å². The maximum atomic E-state index is 11.1. The molecule has 0 spiro atoms. The lowest BCUT2D eigenvalue weighted by atomic mass is 10.1. The molecule has 0 aliphatic rings. The lowest BCUT2D eigenvalue weighted by molar-refractivity contribution is -0.117. The number of hydrogen-bond donors (Lipinski definition) is 0. The van der Waals surface area contributed by atoms with Crippen LogP contribution in [-0.2, 0) is 11.2 Å². The number of Topliss-reactive ketones (excluding diaryl/α,β-unsaturated/α-hetero) is 1. The van der Waals surface area contributed by atoms with Crippen molar-refractivity contribution in [2.75, 3.05) is 0 Å². The third-order valence-electron chi connectivity index (χ3n) is 1.59. The Labute approximate surface area is 85.3 Å². The third-order valence-corrected chi connectivity index (χ3v) is 2.12. The summed E-state index contributed by atoms with van der Waals surface area (Å²) in [6.07, 6.45) is 0.344. The van der Waals surface area contributed by atoms with Crippen LogP contribution >= 0.6 is 15.9 Å². The number of benzene rings is 1. The van der Waals surface area contributed by atoms with Gasteiger partial charge in [0.05, 0.1) is 12.5 Å². The summed E-state index contributed by atoms with van der Waals surface area (Å²) in [7, 11) is 0. The number of carbonyl (C=O) groups is 1. The molecule has 1 rings (SSSR count). The first-order valence-corrected chi connectivity index (χ1v) is 4.65. The van der Waals surface area contributed by atoms with Gasteiger partial charge in [-0.2, -0.15) is 5.26 Å². The van der Waals surface area contributed by atoms with Gasteiger partial charge in [-0.05, 0) is 17.7 Å². The summed E-state index contributed by atoms with van der Waals surface area (Å²) in [5.74, 6) is -0.0372. The minimum Gasteiger partial charge on any atom is -0.298 e. The Balaban J connectivity index is 2.60. The lowest BCUT2D eigenvalue weighted by Crippen LogP contribution is -2.00. The van der Waals surface area contributed by atoms with Gasteiger partial charge in [0, 0.05) is 10.9 Å². The van der Waals surface area contributed by atoms with Crippen molar-refractivity contribution in [2.24, 2.45) is 0 Å². The van der Waals surface area contributed by atoms with Crippen molar-refractivity contribution in [1.82, 2.24) is 0 Å². The van der Waals surface area contributed by atoms with Crippen molar-refractivity contribution in [3.63, 3.8) is 0 Å². The highest BCUT2D eigenvalue weighted by atomic mass is 79.9. The van der Waals surface area contributed by atoms with E-state index in [9.17, 15) is 4.79 Å². The summed E-state index contributed by atoms with van der Waals surface area (Å²) < 4.78 is 0.990. The number of nitriles is 1. The number of ketones is 1. The molecule has 0 heterocycles. The SMILES string of the molecule is N#CCC(=O)Cc1ccc(Br)cc1. The Hall–Kier alpha value is -1.14. The summed E-state index contributed by atoms with van der Waals surface area (Å²) in [6.45, 7) is 0. The Morgan fingerprint density at radius 3 is 2.54 bits per heavy atom. The van der Waals surface area contributed by atoms with Gasteiger partial charge in [0.1, 0.15) is 0 Å². The van der Waals surface area contributed by atoms with E-state index < -0.39 is 0 Å². The summed E-state index contributed by atoms with van der Waals surface area (Å²) in [5, 5.41) is 8.28. The second-order valence-corrected chi connectivity index (χ2v) is 3.59. The summed E-state index contributed by atoms with van der Waals surface area (Å²) in [6, 6.07) is 9.36. The first-order valence-electron chi connectivity index (χ1n) is 3.85. The van der Waals surface area contributed by atoms with Crippen LogP contribution in [0.25, 0.3) is 0 Å². The molecule has 0 aliphatic carbocycles. The van der Waals surface area contributed by atoms with Crippen molar-refractivity contribution in [1.29, 1.82) is 5.26 Å². The van der Waals surface area contributed by atoms with Gasteiger partial charge in [0.25, 0.3) is 0 Å². The molecule has 3 heteroatoms. The average molecular weight is 238 g/mol. The molecule has 0 fully saturated rings. The van der Waals surface area contributed by atoms with E-state index in [-0.39, 0.29) is 12.2 Å². The first-order chi connectivity index (χ1) is 6.22. The summed E-state index contributed by atoms with van der Waals surface area (Å²) in [4.78, 5) is 11.1. The number of hydrogen-bond acceptors (Lipinski definition) is 2. The minimum atomic E-state index is -0.0372. The number of rotatable bonds is 3. The van der Waals surface area contributed by atoms with E-state index in [0.717, 1.165) is 10.0 Å². The van der Waals surface area contributed by atoms with Crippen LogP contribution in [0, 0.1) is 11.3 Å². The van der Waals surface area contributed by atoms with Gasteiger partial charge in [-0.15, -0.1) is 0 Å². The lowest BCUT2D eigenvalue weighted by Gasteiger charge is -1.97. The quantitative estimate of drug-likeness (QED) is 0.811. The van der Waals surface area contributed by atoms with Gasteiger partial charge < -0.3 is 0 Å². The van der Waals surface area contributed by atoms with Gasteiger partial charge in [-0.1, -0.05) is 28.1 Å². The van der Waals surface area contributed by atoms with E-state index in [1.54, 1.807) is 0 Å². The highest BCUT2D eigenvalue weighted by Crippen LogP contribution is 2.11. The van der Waals surface area contributed by atoms with Gasteiger partial charge in [-0.25, -0.2) is 0 Å². The normalized spacial score (nSPS) is 9.23. The Bertz CT molecular complexity index is 337. The van der Waals surface area contributed by atoms with Crippen LogP contribution in [0.5, 0.6) is 0 Å². The van der Waals surface area contributed by atoms with Crippen molar-refractivity contribution >= 4 is 21.7 Å². The van der Waals surface area contributed by atoms with E-state index in [1.807, 2.05) is 30.3 Å². The molecule has 0 aromatic heterocycles. The number of carbonyl (C=O) groups excluding carboxylic acids is 1. The van der Waals surface area contributed by atoms with Crippen molar-refractivity contribution in [3.05, 3.63) is 34.3 Å². The molecule has 0 atom stereocenters. The van der Waals surface area contributed by atoms with Crippen LogP contribution in [0.4, 0.5) is 0 Å². The van der Waals surface area contributed by atoms with Crippen molar-refractivity contribution in [2.45, 2.75) is 12.8 Å². The molecule has 0 amide bonds. The van der Waals surface area contributed by atoms with E-state index in [2.05, 4.69) is 15.9 Å². The molecular formula is C10H8BrNO. The molecule has 13 heavy (non-hydrogen) atoms. The van der Waals surface area contributed by atoms with Crippen LogP contribution in [0.2, 0.25) is 0 Å². The minimum absolute atomic E-state index is 0.00390. The monoisotopic (exact) mass is 237 g/mol. The molecule has 1 aromatic rings. The zero-order valence-corrected chi connectivity index (χ0v) is 8.54. The van der Waals surface area contributed by atoms with Crippen LogP contribution in [0.3, 0.4) is 0 Å². The zero-order valence-electron chi connectivity index (χ0n) is 6.96. The molecule has 0 bridgehead atoms. The highest BCUT2D eigenvalue weighted by molar-refractivity contribution is 9.10. The molecule has 0 saturated heterocycles. The zero-order chi connectivity index (χ0) is 9.68. The van der Waals surface area contributed by atoms with Gasteiger partial charge >= 0.3 is 0 Å². The standard InChI is InChI=1S/C10H8BrNO/c11-9-3-1-8(2-4-9)7-10(13)5-6-12/h1-4H,5,7H2. The maximum absolute atomic E-state index is 11.1. The second-order valence-electron chi connectivity index (χ2n) is 2.68. The molecule has 0 radical (unpaired) electrons. The van der Waals surface area contributed by atoms with E-state index in [1.165, 1.54) is 0 Å². The average Bonchev–Trinajstić information content (AvgIpc) is 2.09. The fourth-order valence-electron chi connectivity index (χ4n) is 0.981. The van der Waals surface area contributed by atoms with E-state index >= 15 is 0 Å². The fraction of sp³-hybridized carbons (Fsp3) is 0.200. The summed E-state index contributed by atoms with van der Waals surface area (Å²) >= 11 is 3.31. The molecule has 0 unspecified atom stereocenters. The van der Waals surface area contributed by atoms with Crippen molar-refractivity contribution < 1.29 is 4.79 Å². The fourth-order valence-corrected chi connectivity index (χ4v) is 1.24. The molecule has 2 nitrogen and oxygen atoms in total. The van der Waals surface area contributed by atoms with Crippen LogP contribution < -0.4 is 0 Å². The third kappa shape index (κ3) is 3.39. The van der Waals surface area contributed by atoms with Gasteiger partial charge in [-0.3, -0.25) is 4.79 Å². The molecule has 0 N–H and O–H groups in total.